The van der Waals surface area contributed by atoms with E-state index in [2.05, 4.69) is 4.99 Å². The number of aliphatic imine (C=N–C) groups is 1. The molecule has 0 saturated heterocycles. The lowest BCUT2D eigenvalue weighted by Gasteiger charge is -2.30. The highest BCUT2D eigenvalue weighted by Crippen LogP contribution is 2.54. The van der Waals surface area contributed by atoms with Crippen LogP contribution in [0.1, 0.15) is 12.5 Å². The molecule has 12 heteroatoms. The topological polar surface area (TPSA) is 32.6 Å². The quantitative estimate of drug-likeness (QED) is 0.553. The third-order valence-electron chi connectivity index (χ3n) is 2.85. The van der Waals surface area contributed by atoms with Gasteiger partial charge in [0.2, 0.25) is 0 Å². The smallest absolute Gasteiger partial charge is 0.435 e. The van der Waals surface area contributed by atoms with E-state index in [1.165, 1.54) is 0 Å². The second-order valence-electron chi connectivity index (χ2n) is 4.55. The van der Waals surface area contributed by atoms with E-state index < -0.39 is 46.9 Å². The summed E-state index contributed by atoms with van der Waals surface area (Å²) in [7, 11) is 0. The van der Waals surface area contributed by atoms with E-state index in [1.807, 2.05) is 0 Å². The molecule has 0 aliphatic rings. The van der Waals surface area contributed by atoms with Gasteiger partial charge in [0.1, 0.15) is 17.1 Å². The Bertz CT molecular complexity index is 627. The van der Waals surface area contributed by atoms with Crippen LogP contribution < -0.4 is 0 Å². The highest BCUT2D eigenvalue weighted by Gasteiger charge is 2.73. The fraction of sp³-hybridized carbons (Fsp3) is 0.417. The Kier molecular flexibility index (Phi) is 4.85. The number of halogens is 10. The number of aromatic hydroxyl groups is 1. The normalized spacial score (nSPS) is 14.9. The van der Waals surface area contributed by atoms with Crippen LogP contribution in [0.4, 0.5) is 49.6 Å². The van der Waals surface area contributed by atoms with Crippen LogP contribution in [0.2, 0.25) is 0 Å². The molecule has 1 aromatic rings. The molecule has 0 spiro atoms. The molecule has 2 nitrogen and oxygen atoms in total. The predicted molar refractivity (Wildman–Crippen MR) is 61.8 cm³/mol. The van der Waals surface area contributed by atoms with Crippen molar-refractivity contribution in [3.63, 3.8) is 0 Å². The molecule has 0 aliphatic heterocycles. The lowest BCUT2D eigenvalue weighted by Crippen LogP contribution is -2.50. The first-order valence-electron chi connectivity index (χ1n) is 5.80. The second-order valence-corrected chi connectivity index (χ2v) is 4.55. The highest BCUT2D eigenvalue weighted by molar-refractivity contribution is 5.90. The number of phenols is 1. The van der Waals surface area contributed by atoms with Crippen molar-refractivity contribution in [1.29, 1.82) is 0 Å². The number of alkyl halides is 10. The van der Waals surface area contributed by atoms with Crippen LogP contribution in [0, 0.1) is 0 Å². The van der Waals surface area contributed by atoms with Crippen LogP contribution in [-0.2, 0) is 5.67 Å². The average Bonchev–Trinajstić information content (AvgIpc) is 2.36. The summed E-state index contributed by atoms with van der Waals surface area (Å²) < 4.78 is 126. The van der Waals surface area contributed by atoms with Crippen LogP contribution in [0.5, 0.6) is 5.75 Å². The van der Waals surface area contributed by atoms with E-state index in [4.69, 9.17) is 0 Å². The second kappa shape index (κ2) is 5.81. The number of nitrogens with zero attached hydrogens (tertiary/aromatic N) is 1. The molecule has 0 heterocycles. The van der Waals surface area contributed by atoms with Crippen molar-refractivity contribution in [3.05, 3.63) is 23.8 Å². The summed E-state index contributed by atoms with van der Waals surface area (Å²) in [5, 5.41) is 9.26. The predicted octanol–water partition coefficient (Wildman–Crippen LogP) is 5.34. The van der Waals surface area contributed by atoms with Gasteiger partial charge in [-0.25, -0.2) is 9.38 Å². The monoisotopic (exact) mass is 371 g/mol. The lowest BCUT2D eigenvalue weighted by atomic mass is 9.93. The molecule has 0 saturated carbocycles. The molecule has 1 aromatic carbocycles. The molecule has 136 valence electrons. The number of hydrogen-bond acceptors (Lipinski definition) is 2. The van der Waals surface area contributed by atoms with Gasteiger partial charge in [-0.2, -0.15) is 39.5 Å². The fourth-order valence-electron chi connectivity index (χ4n) is 1.56. The third-order valence-corrected chi connectivity index (χ3v) is 2.85. The number of benzene rings is 1. The standard InChI is InChI=1S/C12H7F10NO/c1-5(10(14,15)16)23-7-4-6(2-3-8(7)24)9(13,11(17,18)19)12(20,21)22/h2-4,24H,1H3. The Morgan fingerprint density at radius 2 is 1.33 bits per heavy atom. The van der Waals surface area contributed by atoms with Crippen molar-refractivity contribution in [2.75, 3.05) is 0 Å². The summed E-state index contributed by atoms with van der Waals surface area (Å²) >= 11 is 0. The minimum Gasteiger partial charge on any atom is -0.506 e. The van der Waals surface area contributed by atoms with Crippen molar-refractivity contribution >= 4 is 11.4 Å². The summed E-state index contributed by atoms with van der Waals surface area (Å²) in [6.45, 7) is 0.363. The maximum Gasteiger partial charge on any atom is 0.435 e. The zero-order valence-electron chi connectivity index (χ0n) is 11.4. The van der Waals surface area contributed by atoms with E-state index in [1.54, 1.807) is 0 Å². The summed E-state index contributed by atoms with van der Waals surface area (Å²) in [6.07, 6.45) is -17.9. The molecular weight excluding hydrogens is 364 g/mol. The van der Waals surface area contributed by atoms with E-state index >= 15 is 0 Å². The van der Waals surface area contributed by atoms with Crippen molar-refractivity contribution in [2.24, 2.45) is 4.99 Å². The first kappa shape index (κ1) is 20.0. The minimum atomic E-state index is -6.44. The zero-order chi connectivity index (χ0) is 19.1. The SMILES string of the molecule is CC(=Nc1cc(C(F)(C(F)(F)F)C(F)(F)F)ccc1O)C(F)(F)F. The van der Waals surface area contributed by atoms with Crippen molar-refractivity contribution in [3.8, 4) is 5.75 Å². The number of phenolic OH excluding ortho intramolecular Hbond substituents is 1. The Hall–Kier alpha value is -2.01. The minimum absolute atomic E-state index is 0.0434. The van der Waals surface area contributed by atoms with Crippen molar-refractivity contribution in [1.82, 2.24) is 0 Å². The third kappa shape index (κ3) is 3.56. The van der Waals surface area contributed by atoms with Gasteiger partial charge >= 0.3 is 24.2 Å². The number of rotatable bonds is 2. The largest absolute Gasteiger partial charge is 0.506 e. The van der Waals surface area contributed by atoms with Gasteiger partial charge in [-0.3, -0.25) is 0 Å². The Labute approximate surface area is 127 Å². The van der Waals surface area contributed by atoms with E-state index in [0.717, 1.165) is 0 Å². The number of hydrogen-bond donors (Lipinski definition) is 1. The Balaban J connectivity index is 3.61. The maximum atomic E-state index is 13.8. The molecule has 0 aromatic heterocycles. The Morgan fingerprint density at radius 1 is 0.875 bits per heavy atom. The van der Waals surface area contributed by atoms with Gasteiger partial charge in [0.15, 0.2) is 0 Å². The van der Waals surface area contributed by atoms with E-state index in [0.29, 0.717) is 6.92 Å². The molecule has 0 unspecified atom stereocenters. The molecular formula is C12H7F10NO. The van der Waals surface area contributed by atoms with E-state index in [9.17, 15) is 49.0 Å². The molecule has 1 rings (SSSR count). The van der Waals surface area contributed by atoms with Gasteiger partial charge in [0.25, 0.3) is 0 Å². The maximum absolute atomic E-state index is 13.8. The van der Waals surface area contributed by atoms with Gasteiger partial charge in [-0.15, -0.1) is 0 Å². The molecule has 0 amide bonds. The zero-order valence-corrected chi connectivity index (χ0v) is 11.4. The summed E-state index contributed by atoms with van der Waals surface area (Å²) in [6, 6.07) is -0.104. The molecule has 0 atom stereocenters. The van der Waals surface area contributed by atoms with Gasteiger partial charge < -0.3 is 5.11 Å². The van der Waals surface area contributed by atoms with Gasteiger partial charge in [0, 0.05) is 5.56 Å². The lowest BCUT2D eigenvalue weighted by molar-refractivity contribution is -0.348. The molecule has 1 N–H and O–H groups in total. The molecule has 0 bridgehead atoms. The Morgan fingerprint density at radius 3 is 1.71 bits per heavy atom. The summed E-state index contributed by atoms with van der Waals surface area (Å²) in [4.78, 5) is 2.71. The summed E-state index contributed by atoms with van der Waals surface area (Å²) in [5.74, 6) is -1.16. The summed E-state index contributed by atoms with van der Waals surface area (Å²) in [5.41, 5.74) is -10.9. The van der Waals surface area contributed by atoms with Gasteiger partial charge in [0.05, 0.1) is 0 Å². The molecule has 0 fully saturated rings. The van der Waals surface area contributed by atoms with Crippen LogP contribution >= 0.6 is 0 Å². The fourth-order valence-corrected chi connectivity index (χ4v) is 1.56. The molecule has 0 aliphatic carbocycles. The first-order valence-corrected chi connectivity index (χ1v) is 5.80. The van der Waals surface area contributed by atoms with E-state index in [-0.39, 0.29) is 18.2 Å². The highest BCUT2D eigenvalue weighted by atomic mass is 19.4. The molecule has 24 heavy (non-hydrogen) atoms. The molecule has 0 radical (unpaired) electrons. The van der Waals surface area contributed by atoms with Gasteiger partial charge in [-0.05, 0) is 19.1 Å². The van der Waals surface area contributed by atoms with Crippen molar-refractivity contribution in [2.45, 2.75) is 31.1 Å². The first-order chi connectivity index (χ1) is 10.5. The van der Waals surface area contributed by atoms with Crippen LogP contribution in [0.15, 0.2) is 23.2 Å². The average molecular weight is 371 g/mol. The van der Waals surface area contributed by atoms with Crippen molar-refractivity contribution < 1.29 is 49.0 Å². The van der Waals surface area contributed by atoms with Crippen LogP contribution in [0.3, 0.4) is 0 Å². The van der Waals surface area contributed by atoms with Crippen LogP contribution in [0.25, 0.3) is 0 Å². The van der Waals surface area contributed by atoms with Gasteiger partial charge in [-0.1, -0.05) is 6.07 Å². The van der Waals surface area contributed by atoms with Crippen LogP contribution in [-0.4, -0.2) is 29.3 Å².